The van der Waals surface area contributed by atoms with E-state index in [-0.39, 0.29) is 20.1 Å². The Hall–Kier alpha value is -1.84. The predicted octanol–water partition coefficient (Wildman–Crippen LogP) is 2.72. The molecule has 4 aromatic rings. The molecule has 1 aliphatic rings. The third-order valence-corrected chi connectivity index (χ3v) is 4.79. The van der Waals surface area contributed by atoms with Gasteiger partial charge in [0.25, 0.3) is 0 Å². The quantitative estimate of drug-likeness (QED) is 0.228. The van der Waals surface area contributed by atoms with E-state index >= 15 is 0 Å². The topological polar surface area (TPSA) is 20.5 Å². The predicted molar refractivity (Wildman–Crippen MR) is 88.7 cm³/mol. The van der Waals surface area contributed by atoms with Crippen molar-refractivity contribution >= 4 is 45.5 Å². The van der Waals surface area contributed by atoms with Crippen LogP contribution in [0.2, 0.25) is 6.82 Å². The number of rotatable bonds is 0. The first-order valence-corrected chi connectivity index (χ1v) is 7.22. The van der Waals surface area contributed by atoms with Crippen molar-refractivity contribution < 1.29 is 20.1 Å². The van der Waals surface area contributed by atoms with Crippen LogP contribution in [0.4, 0.5) is 5.69 Å². The van der Waals surface area contributed by atoms with E-state index in [4.69, 9.17) is 4.98 Å². The molecule has 109 valence electrons. The zero-order chi connectivity index (χ0) is 14.1. The number of nitrogens with zero attached hydrogens (tertiary/aromatic N) is 3. The molecule has 0 aliphatic carbocycles. The van der Waals surface area contributed by atoms with E-state index in [2.05, 4.69) is 53.4 Å². The van der Waals surface area contributed by atoms with E-state index < -0.39 is 0 Å². The van der Waals surface area contributed by atoms with Gasteiger partial charge in [-0.25, -0.2) is 0 Å². The second-order valence-electron chi connectivity index (χ2n) is 5.76. The summed E-state index contributed by atoms with van der Waals surface area (Å²) in [6.45, 7) is 2.55. The maximum atomic E-state index is 4.69. The van der Waals surface area contributed by atoms with E-state index in [9.17, 15) is 0 Å². The molecule has 3 heterocycles. The molecule has 1 radical (unpaired) electrons. The van der Waals surface area contributed by atoms with Gasteiger partial charge in [0.15, 0.2) is 0 Å². The maximum Gasteiger partial charge on any atom is 0.304 e. The Kier molecular flexibility index (Phi) is 2.87. The minimum absolute atomic E-state index is 0. The second kappa shape index (κ2) is 4.58. The van der Waals surface area contributed by atoms with E-state index in [1.165, 1.54) is 27.6 Å². The molecule has 0 N–H and O–H groups in total. The Bertz CT molecular complexity index is 1040. The third kappa shape index (κ3) is 1.48. The molecule has 0 saturated carbocycles. The molecule has 0 bridgehead atoms. The van der Waals surface area contributed by atoms with E-state index in [1.807, 2.05) is 18.3 Å². The number of hydrogen-bond donors (Lipinski definition) is 0. The number of anilines is 1. The molecule has 1 aliphatic heterocycles. The fourth-order valence-corrected chi connectivity index (χ4v) is 3.59. The Morgan fingerprint density at radius 2 is 1.95 bits per heavy atom. The summed E-state index contributed by atoms with van der Waals surface area (Å²) < 4.78 is 2.31. The van der Waals surface area contributed by atoms with Crippen LogP contribution >= 0.6 is 0 Å². The van der Waals surface area contributed by atoms with Crippen molar-refractivity contribution in [3.05, 3.63) is 48.7 Å². The van der Waals surface area contributed by atoms with Crippen molar-refractivity contribution in [3.8, 4) is 0 Å². The van der Waals surface area contributed by atoms with Gasteiger partial charge >= 0.3 is 6.85 Å². The molecular weight excluding hydrogens is 449 g/mol. The molecule has 5 heteroatoms. The van der Waals surface area contributed by atoms with Crippen LogP contribution in [0.5, 0.6) is 0 Å². The Balaban J connectivity index is 0.00000125. The van der Waals surface area contributed by atoms with Gasteiger partial charge in [0.2, 0.25) is 0 Å². The van der Waals surface area contributed by atoms with Gasteiger partial charge in [-0.1, -0.05) is 24.3 Å². The molecule has 2 aromatic carbocycles. The van der Waals surface area contributed by atoms with Crippen molar-refractivity contribution in [2.24, 2.45) is 0 Å². The number of para-hydroxylation sites is 1. The van der Waals surface area contributed by atoms with Crippen LogP contribution in [-0.2, 0) is 20.1 Å². The minimum atomic E-state index is 0. The van der Waals surface area contributed by atoms with Gasteiger partial charge in [0.05, 0.1) is 11.2 Å². The minimum Gasteiger partial charge on any atom is -0.411 e. The first kappa shape index (κ1) is 13.8. The number of hydrogen-bond acceptors (Lipinski definition) is 2. The Morgan fingerprint density at radius 3 is 2.82 bits per heavy atom. The zero-order valence-corrected chi connectivity index (χ0v) is 14.7. The normalized spacial score (nSPS) is 13.4. The van der Waals surface area contributed by atoms with E-state index in [1.54, 1.807) is 0 Å². The summed E-state index contributed by atoms with van der Waals surface area (Å²) in [5, 5.41) is 3.59. The summed E-state index contributed by atoms with van der Waals surface area (Å²) in [6.07, 6.45) is 2.01. The average molecular weight is 462 g/mol. The standard InChI is InChI=1S/C17H13BN3.Ir/c1-18-15-10-19-17-13-7-4-3-6-11(13)12-8-5-9-14(20(18)2)16(12)21(15)17;/h3-6,8-10H,1-2H3;/q-1;. The van der Waals surface area contributed by atoms with Crippen molar-refractivity contribution in [2.45, 2.75) is 6.82 Å². The van der Waals surface area contributed by atoms with Gasteiger partial charge in [-0.2, -0.15) is 0 Å². The first-order valence-electron chi connectivity index (χ1n) is 7.22. The average Bonchev–Trinajstić information content (AvgIpc) is 2.98. The Morgan fingerprint density at radius 1 is 1.14 bits per heavy atom. The monoisotopic (exact) mass is 463 g/mol. The maximum absolute atomic E-state index is 4.69. The molecule has 0 fully saturated rings. The zero-order valence-electron chi connectivity index (χ0n) is 12.3. The molecule has 0 atom stereocenters. The number of fused-ring (bicyclic) bond motifs is 3. The van der Waals surface area contributed by atoms with Crippen LogP contribution in [0.15, 0.2) is 42.6 Å². The van der Waals surface area contributed by atoms with Crippen molar-refractivity contribution in [2.75, 3.05) is 11.9 Å². The van der Waals surface area contributed by atoms with Gasteiger partial charge in [-0.05, 0) is 18.5 Å². The van der Waals surface area contributed by atoms with Gasteiger partial charge in [0.1, 0.15) is 0 Å². The summed E-state index contributed by atoms with van der Waals surface area (Å²) in [7, 11) is 2.16. The fourth-order valence-electron chi connectivity index (χ4n) is 3.59. The van der Waals surface area contributed by atoms with Crippen LogP contribution in [-0.4, -0.2) is 23.3 Å². The van der Waals surface area contributed by atoms with Gasteiger partial charge in [-0.3, -0.25) is 4.98 Å². The summed E-state index contributed by atoms with van der Waals surface area (Å²) in [6, 6.07) is 16.1. The molecule has 22 heavy (non-hydrogen) atoms. The fraction of sp³-hybridized carbons (Fsp3) is 0.118. The summed E-state index contributed by atoms with van der Waals surface area (Å²) in [5.41, 5.74) is 4.78. The molecule has 2 aromatic heterocycles. The SMILES string of the molecule is CB1c2cnc3c4[c-]cccc4c4cccc(c4n23)N1C.[Ir]. The summed E-state index contributed by atoms with van der Waals surface area (Å²) in [5.74, 6) is 0. The number of aromatic nitrogens is 2. The van der Waals surface area contributed by atoms with Gasteiger partial charge < -0.3 is 9.21 Å². The van der Waals surface area contributed by atoms with Gasteiger partial charge in [-0.15, -0.1) is 29.7 Å². The largest absolute Gasteiger partial charge is 0.411 e. The smallest absolute Gasteiger partial charge is 0.304 e. The molecular formula is C17H13BIrN3-. The van der Waals surface area contributed by atoms with Crippen molar-refractivity contribution in [1.82, 2.24) is 9.38 Å². The number of pyridine rings is 1. The molecule has 0 amide bonds. The van der Waals surface area contributed by atoms with E-state index in [0.717, 1.165) is 11.0 Å². The van der Waals surface area contributed by atoms with Crippen molar-refractivity contribution in [3.63, 3.8) is 0 Å². The van der Waals surface area contributed by atoms with Crippen LogP contribution in [0.25, 0.3) is 27.3 Å². The Labute approximate surface area is 142 Å². The third-order valence-electron chi connectivity index (χ3n) is 4.79. The molecule has 0 unspecified atom stereocenters. The second-order valence-corrected chi connectivity index (χ2v) is 5.76. The van der Waals surface area contributed by atoms with E-state index in [0.29, 0.717) is 6.85 Å². The molecule has 5 rings (SSSR count). The molecule has 3 nitrogen and oxygen atoms in total. The van der Waals surface area contributed by atoms with Crippen LogP contribution < -0.4 is 10.4 Å². The molecule has 0 saturated heterocycles. The van der Waals surface area contributed by atoms with Crippen LogP contribution in [0, 0.1) is 6.07 Å². The summed E-state index contributed by atoms with van der Waals surface area (Å²) >= 11 is 0. The number of benzene rings is 2. The first-order chi connectivity index (χ1) is 10.3. The van der Waals surface area contributed by atoms with Crippen molar-refractivity contribution in [1.29, 1.82) is 0 Å². The number of imidazole rings is 1. The van der Waals surface area contributed by atoms with Crippen LogP contribution in [0.3, 0.4) is 0 Å². The van der Waals surface area contributed by atoms with Crippen LogP contribution in [0.1, 0.15) is 0 Å². The summed E-state index contributed by atoms with van der Waals surface area (Å²) in [4.78, 5) is 7.02. The van der Waals surface area contributed by atoms with Gasteiger partial charge in [0, 0.05) is 37.6 Å². The molecule has 0 spiro atoms.